The van der Waals surface area contributed by atoms with E-state index in [9.17, 15) is 14.7 Å². The van der Waals surface area contributed by atoms with Crippen molar-refractivity contribution in [2.45, 2.75) is 49.3 Å². The molecule has 5 rings (SSSR count). The van der Waals surface area contributed by atoms with Crippen LogP contribution in [-0.4, -0.2) is 72.8 Å². The number of carbonyl (C=O) groups is 2. The van der Waals surface area contributed by atoms with Gasteiger partial charge in [-0.1, -0.05) is 60.7 Å². The van der Waals surface area contributed by atoms with Crippen molar-refractivity contribution in [1.82, 2.24) is 10.2 Å². The first-order chi connectivity index (χ1) is 19.5. The molecule has 0 aliphatic carbocycles. The average molecular weight is 548 g/mol. The second kappa shape index (κ2) is 12.3. The Hall–Kier alpha value is -3.50. The first-order valence-corrected chi connectivity index (χ1v) is 13.8. The van der Waals surface area contributed by atoms with Gasteiger partial charge >= 0.3 is 6.09 Å². The van der Waals surface area contributed by atoms with Gasteiger partial charge in [0.1, 0.15) is 11.6 Å². The molecule has 3 N–H and O–H groups in total. The van der Waals surface area contributed by atoms with Crippen LogP contribution in [0, 0.1) is 5.92 Å². The highest BCUT2D eigenvalue weighted by Gasteiger charge is 2.51. The summed E-state index contributed by atoms with van der Waals surface area (Å²) in [6, 6.07) is 16.5. The van der Waals surface area contributed by atoms with Gasteiger partial charge in [0.25, 0.3) is 0 Å². The highest BCUT2D eigenvalue weighted by Crippen LogP contribution is 2.43. The largest absolute Gasteiger partial charge is 0.443 e. The molecule has 3 aliphatic rings. The molecule has 0 bridgehead atoms. The molecule has 9 heteroatoms. The summed E-state index contributed by atoms with van der Waals surface area (Å²) in [5, 5.41) is 17.5. The predicted octanol–water partition coefficient (Wildman–Crippen LogP) is 3.36. The zero-order valence-electron chi connectivity index (χ0n) is 22.5. The standard InChI is InChI=1S/C31H37N3O6/c1-3-15-31(23-12-8-9-13-24(23)32-29(31)36)34(16-4-2)19-26(35)25(18-21-10-6-5-7-11-21)33-30(37)40-27-20-39-28-22(27)14-17-38-28/h3-13,22,25-28,35H,1-2,14-20H2,(H,32,36)(H,33,37)/t22-,25-,26+,27-,28+,31?/m0/s1. The molecule has 2 saturated heterocycles. The smallest absolute Gasteiger partial charge is 0.407 e. The number of alkyl carbamates (subject to hydrolysis) is 1. The minimum absolute atomic E-state index is 0.00559. The number of benzene rings is 2. The van der Waals surface area contributed by atoms with Gasteiger partial charge in [-0.25, -0.2) is 4.79 Å². The summed E-state index contributed by atoms with van der Waals surface area (Å²) in [6.45, 7) is 9.09. The van der Waals surface area contributed by atoms with E-state index in [1.807, 2.05) is 59.5 Å². The Morgan fingerprint density at radius 3 is 2.73 bits per heavy atom. The van der Waals surface area contributed by atoms with Gasteiger partial charge in [-0.3, -0.25) is 9.69 Å². The van der Waals surface area contributed by atoms with E-state index in [0.29, 0.717) is 26.0 Å². The van der Waals surface area contributed by atoms with Crippen LogP contribution in [0.25, 0.3) is 0 Å². The number of aliphatic hydroxyl groups is 1. The average Bonchev–Trinajstić information content (AvgIpc) is 3.64. The number of hydrogen-bond donors (Lipinski definition) is 3. The molecule has 3 heterocycles. The molecule has 0 aromatic heterocycles. The van der Waals surface area contributed by atoms with Gasteiger partial charge in [-0.2, -0.15) is 0 Å². The summed E-state index contributed by atoms with van der Waals surface area (Å²) < 4.78 is 16.9. The molecular formula is C31H37N3O6. The van der Waals surface area contributed by atoms with Crippen LogP contribution in [0.5, 0.6) is 0 Å². The minimum Gasteiger partial charge on any atom is -0.443 e. The third kappa shape index (κ3) is 5.55. The Morgan fingerprint density at radius 1 is 1.18 bits per heavy atom. The van der Waals surface area contributed by atoms with Crippen LogP contribution in [0.1, 0.15) is 24.0 Å². The summed E-state index contributed by atoms with van der Waals surface area (Å²) in [6.07, 6.45) is 2.48. The van der Waals surface area contributed by atoms with Gasteiger partial charge in [0.2, 0.25) is 5.91 Å². The van der Waals surface area contributed by atoms with Crippen molar-refractivity contribution in [3.8, 4) is 0 Å². The van der Waals surface area contributed by atoms with Crippen molar-refractivity contribution in [3.05, 3.63) is 91.0 Å². The van der Waals surface area contributed by atoms with E-state index in [1.165, 1.54) is 0 Å². The molecule has 212 valence electrons. The molecule has 2 amide bonds. The number of amides is 2. The quantitative estimate of drug-likeness (QED) is 0.350. The summed E-state index contributed by atoms with van der Waals surface area (Å²) in [7, 11) is 0. The Labute approximate surface area is 234 Å². The van der Waals surface area contributed by atoms with Gasteiger partial charge in [0.15, 0.2) is 6.29 Å². The first kappa shape index (κ1) is 28.0. The highest BCUT2D eigenvalue weighted by atomic mass is 16.7. The van der Waals surface area contributed by atoms with Gasteiger partial charge in [-0.15, -0.1) is 13.2 Å². The second-order valence-corrected chi connectivity index (χ2v) is 10.5. The highest BCUT2D eigenvalue weighted by molar-refractivity contribution is 6.06. The number of aliphatic hydroxyl groups excluding tert-OH is 1. The number of nitrogens with one attached hydrogen (secondary N) is 2. The number of anilines is 1. The maximum atomic E-state index is 13.5. The molecular weight excluding hydrogens is 510 g/mol. The van der Waals surface area contributed by atoms with E-state index in [2.05, 4.69) is 23.8 Å². The first-order valence-electron chi connectivity index (χ1n) is 13.8. The molecule has 1 unspecified atom stereocenters. The Morgan fingerprint density at radius 2 is 1.95 bits per heavy atom. The molecule has 2 aromatic carbocycles. The van der Waals surface area contributed by atoms with Crippen LogP contribution in [0.3, 0.4) is 0 Å². The Kier molecular flexibility index (Phi) is 8.66. The molecule has 40 heavy (non-hydrogen) atoms. The molecule has 2 fully saturated rings. The van der Waals surface area contributed by atoms with E-state index in [-0.39, 0.29) is 31.3 Å². The van der Waals surface area contributed by atoms with Crippen LogP contribution in [0.15, 0.2) is 79.9 Å². The maximum Gasteiger partial charge on any atom is 0.407 e. The molecule has 0 spiro atoms. The third-order valence-electron chi connectivity index (χ3n) is 8.04. The maximum absolute atomic E-state index is 13.5. The molecule has 0 saturated carbocycles. The molecule has 0 radical (unpaired) electrons. The van der Waals surface area contributed by atoms with Crippen molar-refractivity contribution in [2.75, 3.05) is 31.6 Å². The molecule has 6 atom stereocenters. The van der Waals surface area contributed by atoms with Crippen LogP contribution in [0.2, 0.25) is 0 Å². The summed E-state index contributed by atoms with van der Waals surface area (Å²) in [5.41, 5.74) is 1.41. The zero-order chi connectivity index (χ0) is 28.1. The number of hydrogen-bond acceptors (Lipinski definition) is 7. The van der Waals surface area contributed by atoms with Crippen LogP contribution < -0.4 is 10.6 Å². The number of carbonyl (C=O) groups excluding carboxylic acids is 2. The van der Waals surface area contributed by atoms with E-state index in [1.54, 1.807) is 12.2 Å². The van der Waals surface area contributed by atoms with Crippen LogP contribution in [0.4, 0.5) is 10.5 Å². The van der Waals surface area contributed by atoms with Gasteiger partial charge < -0.3 is 30.0 Å². The van der Waals surface area contributed by atoms with Crippen molar-refractivity contribution in [1.29, 1.82) is 0 Å². The Balaban J connectivity index is 1.37. The number of ether oxygens (including phenoxy) is 3. The van der Waals surface area contributed by atoms with Crippen molar-refractivity contribution in [3.63, 3.8) is 0 Å². The van der Waals surface area contributed by atoms with E-state index in [4.69, 9.17) is 14.2 Å². The summed E-state index contributed by atoms with van der Waals surface area (Å²) >= 11 is 0. The fourth-order valence-electron chi connectivity index (χ4n) is 6.07. The Bertz CT molecular complexity index is 1220. The lowest BCUT2D eigenvalue weighted by Crippen LogP contribution is -2.57. The molecule has 3 aliphatic heterocycles. The number of para-hydroxylation sites is 1. The summed E-state index contributed by atoms with van der Waals surface area (Å²) in [5.74, 6) is -0.185. The lowest BCUT2D eigenvalue weighted by molar-refractivity contribution is -0.128. The topological polar surface area (TPSA) is 109 Å². The minimum atomic E-state index is -1.08. The monoisotopic (exact) mass is 547 g/mol. The normalized spacial score (nSPS) is 26.4. The van der Waals surface area contributed by atoms with Crippen molar-refractivity contribution < 1.29 is 28.9 Å². The van der Waals surface area contributed by atoms with Crippen LogP contribution in [-0.2, 0) is 31.0 Å². The number of rotatable bonds is 12. The van der Waals surface area contributed by atoms with Crippen molar-refractivity contribution >= 4 is 17.7 Å². The SMILES string of the molecule is C=CCN(C[C@@H](O)[C@H](Cc1ccccc1)NC(=O)O[C@H]1CO[C@H]2OCC[C@H]21)C1(CC=C)C(=O)Nc2ccccc21. The van der Waals surface area contributed by atoms with E-state index < -0.39 is 29.9 Å². The lowest BCUT2D eigenvalue weighted by atomic mass is 9.85. The molecule has 2 aromatic rings. The zero-order valence-corrected chi connectivity index (χ0v) is 22.5. The predicted molar refractivity (Wildman–Crippen MR) is 150 cm³/mol. The molecule has 9 nitrogen and oxygen atoms in total. The second-order valence-electron chi connectivity index (χ2n) is 10.5. The van der Waals surface area contributed by atoms with E-state index >= 15 is 0 Å². The number of nitrogens with zero attached hydrogens (tertiary/aromatic N) is 1. The van der Waals surface area contributed by atoms with Crippen LogP contribution >= 0.6 is 0 Å². The lowest BCUT2D eigenvalue weighted by Gasteiger charge is -2.41. The van der Waals surface area contributed by atoms with E-state index in [0.717, 1.165) is 23.2 Å². The van der Waals surface area contributed by atoms with Gasteiger partial charge in [0, 0.05) is 24.3 Å². The van der Waals surface area contributed by atoms with Gasteiger partial charge in [-0.05, 0) is 30.9 Å². The fraction of sp³-hybridized carbons (Fsp3) is 0.419. The fourth-order valence-corrected chi connectivity index (χ4v) is 6.07. The number of fused-ring (bicyclic) bond motifs is 2. The summed E-state index contributed by atoms with van der Waals surface area (Å²) in [4.78, 5) is 28.5. The van der Waals surface area contributed by atoms with Crippen molar-refractivity contribution in [2.24, 2.45) is 5.92 Å². The van der Waals surface area contributed by atoms with Gasteiger partial charge in [0.05, 0.1) is 31.3 Å². The third-order valence-corrected chi connectivity index (χ3v) is 8.04.